The van der Waals surface area contributed by atoms with Crippen LogP contribution in [0.1, 0.15) is 99.0 Å². The van der Waals surface area contributed by atoms with Crippen LogP contribution in [0, 0.1) is 17.8 Å². The number of aryl methyl sites for hydroxylation is 1. The van der Waals surface area contributed by atoms with Crippen molar-refractivity contribution in [1.82, 2.24) is 4.72 Å². The summed E-state index contributed by atoms with van der Waals surface area (Å²) in [6.45, 7) is 7.99. The molecule has 3 heterocycles. The van der Waals surface area contributed by atoms with E-state index in [9.17, 15) is 9.00 Å². The topological polar surface area (TPSA) is 77.1 Å². The summed E-state index contributed by atoms with van der Waals surface area (Å²) in [5.41, 5.74) is 4.02. The second-order valence-electron chi connectivity index (χ2n) is 13.4. The summed E-state index contributed by atoms with van der Waals surface area (Å²) in [7, 11) is -1.45. The van der Waals surface area contributed by atoms with Crippen molar-refractivity contribution in [2.24, 2.45) is 17.8 Å². The molecule has 2 fully saturated rings. The molecular weight excluding hydrogens is 608 g/mol. The molecule has 0 spiro atoms. The van der Waals surface area contributed by atoms with Gasteiger partial charge in [0.1, 0.15) is 16.7 Å². The Kier molecular flexibility index (Phi) is 11.1. The largest absolute Gasteiger partial charge is 0.491 e. The number of benzene rings is 2. The predicted molar refractivity (Wildman–Crippen MR) is 181 cm³/mol. The van der Waals surface area contributed by atoms with Crippen molar-refractivity contribution in [3.63, 3.8) is 0 Å². The Balaban J connectivity index is 1.36. The molecule has 3 aliphatic heterocycles. The molecule has 0 aromatic heterocycles. The third kappa shape index (κ3) is 7.55. The fraction of sp³-hybridized carbons (Fsp3) is 0.639. The van der Waals surface area contributed by atoms with Crippen molar-refractivity contribution >= 4 is 34.2 Å². The fourth-order valence-electron chi connectivity index (χ4n) is 7.88. The van der Waals surface area contributed by atoms with Crippen molar-refractivity contribution < 1.29 is 23.2 Å². The number of amides is 1. The van der Waals surface area contributed by atoms with E-state index in [0.717, 1.165) is 94.1 Å². The fourth-order valence-corrected chi connectivity index (χ4v) is 9.22. The summed E-state index contributed by atoms with van der Waals surface area (Å²) < 4.78 is 35.2. The second kappa shape index (κ2) is 15.2. The number of ether oxygens (including phenoxy) is 3. The SMILES string of the molecule is CCCc1cc(Cl)ccc1C1COc2ccc3cc2N(C1)CC1CCC1C(C1OCCCO1)CCCCC(CC)S(=O)NC3=O. The molecular formula is C36H49ClN2O5S. The number of carbonyl (C=O) groups is 1. The third-order valence-electron chi connectivity index (χ3n) is 10.5. The van der Waals surface area contributed by atoms with Gasteiger partial charge in [0.25, 0.3) is 5.91 Å². The quantitative estimate of drug-likeness (QED) is 0.361. The normalized spacial score (nSPS) is 29.9. The standard InChI is InChI=1S/C36H49ClN2O5S/c1-3-8-24-19-28(37)13-15-30(24)27-22-39-21-26-11-14-31(26)32(36-42-17-7-18-43-36)10-6-5-9-29(4-2)45(41)38-35(40)25-12-16-34(44-23-27)33(39)20-25/h12-13,15-16,19-20,26-27,29,31-32,36H,3-11,14,17-18,21-23H2,1-2H3,(H,38,40). The zero-order valence-electron chi connectivity index (χ0n) is 26.8. The van der Waals surface area contributed by atoms with E-state index < -0.39 is 11.0 Å². The van der Waals surface area contributed by atoms with Crippen LogP contribution in [0.15, 0.2) is 36.4 Å². The van der Waals surface area contributed by atoms with Gasteiger partial charge >= 0.3 is 0 Å². The molecule has 2 aromatic carbocycles. The van der Waals surface area contributed by atoms with Crippen molar-refractivity contribution in [3.8, 4) is 5.75 Å². The molecule has 6 unspecified atom stereocenters. The smallest absolute Gasteiger partial charge is 0.263 e. The summed E-state index contributed by atoms with van der Waals surface area (Å²) in [5.74, 6) is 2.01. The first-order valence-electron chi connectivity index (χ1n) is 17.2. The van der Waals surface area contributed by atoms with E-state index in [1.165, 1.54) is 24.0 Å². The van der Waals surface area contributed by atoms with Gasteiger partial charge in [-0.05, 0) is 98.2 Å². The summed E-state index contributed by atoms with van der Waals surface area (Å²) in [6, 6.07) is 11.9. The minimum Gasteiger partial charge on any atom is -0.491 e. The van der Waals surface area contributed by atoms with E-state index in [-0.39, 0.29) is 23.4 Å². The lowest BCUT2D eigenvalue weighted by Gasteiger charge is -2.47. The van der Waals surface area contributed by atoms with Gasteiger partial charge in [-0.1, -0.05) is 50.8 Å². The molecule has 2 bridgehead atoms. The lowest BCUT2D eigenvalue weighted by Crippen LogP contribution is -2.47. The Bertz CT molecular complexity index is 1350. The van der Waals surface area contributed by atoms with Gasteiger partial charge in [0, 0.05) is 35.5 Å². The first kappa shape index (κ1) is 32.8. The molecule has 1 saturated carbocycles. The number of anilines is 1. The molecule has 1 aliphatic carbocycles. The van der Waals surface area contributed by atoms with E-state index in [0.29, 0.717) is 29.9 Å². The Labute approximate surface area is 276 Å². The Morgan fingerprint density at radius 3 is 2.53 bits per heavy atom. The van der Waals surface area contributed by atoms with Gasteiger partial charge in [-0.15, -0.1) is 0 Å². The maximum atomic E-state index is 13.4. The number of rotatable bonds is 5. The van der Waals surface area contributed by atoms with Crippen LogP contribution in [-0.4, -0.2) is 54.6 Å². The van der Waals surface area contributed by atoms with Gasteiger partial charge in [-0.2, -0.15) is 0 Å². The highest BCUT2D eigenvalue weighted by Crippen LogP contribution is 2.47. The molecule has 9 heteroatoms. The molecule has 45 heavy (non-hydrogen) atoms. The summed E-state index contributed by atoms with van der Waals surface area (Å²) in [6.07, 6.45) is 9.81. The lowest BCUT2D eigenvalue weighted by molar-refractivity contribution is -0.223. The minimum atomic E-state index is -1.45. The molecule has 6 rings (SSSR count). The van der Waals surface area contributed by atoms with Gasteiger partial charge in [0.2, 0.25) is 0 Å². The van der Waals surface area contributed by atoms with Gasteiger partial charge in [-0.25, -0.2) is 4.21 Å². The van der Waals surface area contributed by atoms with E-state index >= 15 is 0 Å². The second-order valence-corrected chi connectivity index (χ2v) is 15.3. The summed E-state index contributed by atoms with van der Waals surface area (Å²) >= 11 is 6.45. The van der Waals surface area contributed by atoms with E-state index in [2.05, 4.69) is 35.6 Å². The zero-order valence-corrected chi connectivity index (χ0v) is 28.4. The maximum absolute atomic E-state index is 13.4. The van der Waals surface area contributed by atoms with E-state index in [1.54, 1.807) is 6.07 Å². The van der Waals surface area contributed by atoms with Crippen molar-refractivity contribution in [2.45, 2.75) is 95.5 Å². The molecule has 7 nitrogen and oxygen atoms in total. The van der Waals surface area contributed by atoms with Gasteiger partial charge in [0.05, 0.1) is 30.8 Å². The van der Waals surface area contributed by atoms with Crippen LogP contribution in [0.25, 0.3) is 0 Å². The van der Waals surface area contributed by atoms with Crippen LogP contribution in [0.3, 0.4) is 0 Å². The van der Waals surface area contributed by atoms with Crippen LogP contribution in [0.2, 0.25) is 5.02 Å². The van der Waals surface area contributed by atoms with Crippen LogP contribution >= 0.6 is 11.6 Å². The Morgan fingerprint density at radius 2 is 1.78 bits per heavy atom. The Hall–Kier alpha value is -2.13. The van der Waals surface area contributed by atoms with Gasteiger partial charge < -0.3 is 19.1 Å². The average molecular weight is 657 g/mol. The van der Waals surface area contributed by atoms with Crippen LogP contribution < -0.4 is 14.4 Å². The predicted octanol–water partition coefficient (Wildman–Crippen LogP) is 7.43. The highest BCUT2D eigenvalue weighted by molar-refractivity contribution is 7.84. The number of hydrogen-bond acceptors (Lipinski definition) is 6. The monoisotopic (exact) mass is 656 g/mol. The van der Waals surface area contributed by atoms with Crippen LogP contribution in [-0.2, 0) is 26.9 Å². The molecule has 0 radical (unpaired) electrons. The molecule has 1 amide bonds. The highest BCUT2D eigenvalue weighted by Gasteiger charge is 2.43. The zero-order chi connectivity index (χ0) is 31.3. The van der Waals surface area contributed by atoms with Crippen molar-refractivity contribution in [1.29, 1.82) is 0 Å². The Morgan fingerprint density at radius 1 is 0.956 bits per heavy atom. The minimum absolute atomic E-state index is 0.0722. The maximum Gasteiger partial charge on any atom is 0.263 e. The summed E-state index contributed by atoms with van der Waals surface area (Å²) in [5, 5.41) is 0.691. The number of hydrogen-bond donors (Lipinski definition) is 1. The van der Waals surface area contributed by atoms with Gasteiger partial charge in [-0.3, -0.25) is 9.52 Å². The van der Waals surface area contributed by atoms with E-state index in [1.807, 2.05) is 18.2 Å². The van der Waals surface area contributed by atoms with Crippen molar-refractivity contribution in [3.05, 3.63) is 58.1 Å². The van der Waals surface area contributed by atoms with E-state index in [4.69, 9.17) is 25.8 Å². The van der Waals surface area contributed by atoms with Gasteiger partial charge in [0.15, 0.2) is 6.29 Å². The van der Waals surface area contributed by atoms with Crippen LogP contribution in [0.4, 0.5) is 5.69 Å². The molecule has 1 N–H and O–H groups in total. The number of fused-ring (bicyclic) bond motifs is 2. The first-order chi connectivity index (χ1) is 21.9. The average Bonchev–Trinajstić information content (AvgIpc) is 3.21. The molecule has 4 aliphatic rings. The molecule has 1 saturated heterocycles. The summed E-state index contributed by atoms with van der Waals surface area (Å²) in [4.78, 5) is 15.9. The molecule has 246 valence electrons. The lowest BCUT2D eigenvalue weighted by atomic mass is 9.65. The number of halogens is 1. The van der Waals surface area contributed by atoms with Crippen molar-refractivity contribution in [2.75, 3.05) is 37.8 Å². The molecule has 2 aromatic rings. The molecule has 6 atom stereocenters. The van der Waals surface area contributed by atoms with Crippen LogP contribution in [0.5, 0.6) is 5.75 Å². The number of carbonyl (C=O) groups excluding carboxylic acids is 1. The highest BCUT2D eigenvalue weighted by atomic mass is 35.5. The number of nitrogens with one attached hydrogen (secondary N) is 1. The first-order valence-corrected chi connectivity index (χ1v) is 18.8. The number of nitrogens with zero attached hydrogens (tertiary/aromatic N) is 1. The third-order valence-corrected chi connectivity index (χ3v) is 12.3.